The van der Waals surface area contributed by atoms with E-state index in [1.165, 1.54) is 41.4 Å². The second kappa shape index (κ2) is 6.21. The van der Waals surface area contributed by atoms with E-state index in [1.807, 2.05) is 0 Å². The van der Waals surface area contributed by atoms with Crippen LogP contribution in [0.2, 0.25) is 0 Å². The lowest BCUT2D eigenvalue weighted by Gasteiger charge is -2.13. The van der Waals surface area contributed by atoms with Gasteiger partial charge in [-0.2, -0.15) is 0 Å². The highest BCUT2D eigenvalue weighted by atomic mass is 32.2. The molecule has 2 aromatic rings. The smallest absolute Gasteiger partial charge is 0.318 e. The van der Waals surface area contributed by atoms with Crippen molar-refractivity contribution < 1.29 is 9.59 Å². The van der Waals surface area contributed by atoms with E-state index in [1.54, 1.807) is 18.3 Å². The first-order valence-corrected chi connectivity index (χ1v) is 8.78. The van der Waals surface area contributed by atoms with Gasteiger partial charge in [-0.25, -0.2) is 14.8 Å². The van der Waals surface area contributed by atoms with Gasteiger partial charge in [-0.05, 0) is 38.2 Å². The lowest BCUT2D eigenvalue weighted by atomic mass is 9.97. The van der Waals surface area contributed by atoms with Crippen molar-refractivity contribution in [1.29, 1.82) is 0 Å². The van der Waals surface area contributed by atoms with Crippen molar-refractivity contribution >= 4 is 45.3 Å². The first kappa shape index (κ1) is 15.2. The molecule has 2 heterocycles. The van der Waals surface area contributed by atoms with Crippen LogP contribution in [-0.2, 0) is 17.6 Å². The SMILES string of the molecule is CC(Sc1ncnc2sc3c(c12)CCCC3)C(=O)NC(N)=O. The van der Waals surface area contributed by atoms with Gasteiger partial charge in [-0.15, -0.1) is 11.3 Å². The second-order valence-electron chi connectivity index (χ2n) is 5.18. The Labute approximate surface area is 135 Å². The molecule has 1 aliphatic rings. The van der Waals surface area contributed by atoms with Crippen LogP contribution in [0.15, 0.2) is 11.4 Å². The maximum Gasteiger partial charge on any atom is 0.318 e. The first-order chi connectivity index (χ1) is 10.6. The van der Waals surface area contributed by atoms with Crippen molar-refractivity contribution in [1.82, 2.24) is 15.3 Å². The molecule has 8 heteroatoms. The van der Waals surface area contributed by atoms with E-state index in [2.05, 4.69) is 15.3 Å². The number of aromatic nitrogens is 2. The Hall–Kier alpha value is -1.67. The molecule has 1 aliphatic carbocycles. The summed E-state index contributed by atoms with van der Waals surface area (Å²) in [6, 6.07) is -0.835. The number of primary amides is 1. The number of carbonyl (C=O) groups is 2. The van der Waals surface area contributed by atoms with E-state index >= 15 is 0 Å². The zero-order valence-corrected chi connectivity index (χ0v) is 13.7. The number of thiophene rings is 1. The minimum absolute atomic E-state index is 0.409. The average Bonchev–Trinajstić information content (AvgIpc) is 2.85. The Bertz CT molecular complexity index is 744. The Morgan fingerprint density at radius 2 is 2.14 bits per heavy atom. The summed E-state index contributed by atoms with van der Waals surface area (Å²) in [5.41, 5.74) is 6.32. The molecule has 3 N–H and O–H groups in total. The fourth-order valence-corrected chi connectivity index (χ4v) is 4.83. The molecule has 116 valence electrons. The van der Waals surface area contributed by atoms with Crippen LogP contribution in [0.3, 0.4) is 0 Å². The largest absolute Gasteiger partial charge is 0.351 e. The second-order valence-corrected chi connectivity index (χ2v) is 7.60. The molecule has 3 amide bonds. The number of thioether (sulfide) groups is 1. The number of carbonyl (C=O) groups excluding carboxylic acids is 2. The van der Waals surface area contributed by atoms with Crippen LogP contribution < -0.4 is 11.1 Å². The van der Waals surface area contributed by atoms with E-state index in [4.69, 9.17) is 5.73 Å². The number of imide groups is 1. The molecule has 2 aromatic heterocycles. The normalized spacial score (nSPS) is 15.3. The number of amides is 3. The Morgan fingerprint density at radius 3 is 2.91 bits per heavy atom. The van der Waals surface area contributed by atoms with Gasteiger partial charge in [0.1, 0.15) is 16.2 Å². The zero-order valence-electron chi connectivity index (χ0n) is 12.1. The summed E-state index contributed by atoms with van der Waals surface area (Å²) in [5.74, 6) is -0.409. The lowest BCUT2D eigenvalue weighted by Crippen LogP contribution is -2.39. The van der Waals surface area contributed by atoms with Gasteiger partial charge in [-0.1, -0.05) is 11.8 Å². The molecule has 0 aliphatic heterocycles. The van der Waals surface area contributed by atoms with E-state index in [0.29, 0.717) is 0 Å². The van der Waals surface area contributed by atoms with Crippen molar-refractivity contribution in [3.63, 3.8) is 0 Å². The third-order valence-corrected chi connectivity index (χ3v) is 5.92. The number of hydrogen-bond donors (Lipinski definition) is 2. The van der Waals surface area contributed by atoms with Crippen molar-refractivity contribution in [2.24, 2.45) is 5.73 Å². The van der Waals surface area contributed by atoms with Crippen LogP contribution in [0.4, 0.5) is 4.79 Å². The van der Waals surface area contributed by atoms with Crippen LogP contribution in [0.25, 0.3) is 10.2 Å². The van der Waals surface area contributed by atoms with Gasteiger partial charge < -0.3 is 5.73 Å². The summed E-state index contributed by atoms with van der Waals surface area (Å²) in [7, 11) is 0. The number of nitrogens with one attached hydrogen (secondary N) is 1. The molecular formula is C14H16N4O2S2. The highest BCUT2D eigenvalue weighted by Gasteiger charge is 2.23. The molecule has 3 rings (SSSR count). The fourth-order valence-electron chi connectivity index (χ4n) is 2.59. The minimum atomic E-state index is -0.835. The maximum atomic E-state index is 11.8. The molecule has 0 bridgehead atoms. The third-order valence-electron chi connectivity index (χ3n) is 3.62. The van der Waals surface area contributed by atoms with E-state index in [0.717, 1.165) is 28.1 Å². The molecule has 6 nitrogen and oxygen atoms in total. The van der Waals surface area contributed by atoms with Crippen LogP contribution in [0.1, 0.15) is 30.2 Å². The molecule has 0 aromatic carbocycles. The van der Waals surface area contributed by atoms with Crippen molar-refractivity contribution in [2.45, 2.75) is 42.9 Å². The Kier molecular flexibility index (Phi) is 4.30. The van der Waals surface area contributed by atoms with Gasteiger partial charge >= 0.3 is 6.03 Å². The van der Waals surface area contributed by atoms with Gasteiger partial charge in [0.25, 0.3) is 0 Å². The zero-order chi connectivity index (χ0) is 15.7. The van der Waals surface area contributed by atoms with E-state index in [-0.39, 0.29) is 0 Å². The summed E-state index contributed by atoms with van der Waals surface area (Å²) >= 11 is 3.06. The summed E-state index contributed by atoms with van der Waals surface area (Å²) in [5, 5.41) is 3.53. The highest BCUT2D eigenvalue weighted by Crippen LogP contribution is 2.40. The molecule has 0 saturated heterocycles. The van der Waals surface area contributed by atoms with Gasteiger partial charge in [0.2, 0.25) is 5.91 Å². The summed E-state index contributed by atoms with van der Waals surface area (Å²) in [6.07, 6.45) is 6.06. The van der Waals surface area contributed by atoms with Crippen molar-refractivity contribution in [3.05, 3.63) is 16.8 Å². The van der Waals surface area contributed by atoms with Gasteiger partial charge in [-0.3, -0.25) is 10.1 Å². The van der Waals surface area contributed by atoms with Crippen LogP contribution in [0, 0.1) is 0 Å². The molecule has 1 unspecified atom stereocenters. The highest BCUT2D eigenvalue weighted by molar-refractivity contribution is 8.00. The van der Waals surface area contributed by atoms with Gasteiger partial charge in [0, 0.05) is 10.3 Å². The summed E-state index contributed by atoms with van der Waals surface area (Å²) in [6.45, 7) is 1.73. The standard InChI is InChI=1S/C14H16N4O2S2/c1-7(11(19)18-14(15)20)21-12-10-8-4-2-3-5-9(8)22-13(10)17-6-16-12/h6-7H,2-5H2,1H3,(H3,15,18,19,20). The molecular weight excluding hydrogens is 320 g/mol. The number of nitrogens with zero attached hydrogens (tertiary/aromatic N) is 2. The van der Waals surface area contributed by atoms with Crippen molar-refractivity contribution in [3.8, 4) is 0 Å². The predicted molar refractivity (Wildman–Crippen MR) is 87.1 cm³/mol. The minimum Gasteiger partial charge on any atom is -0.351 e. The quantitative estimate of drug-likeness (QED) is 0.662. The summed E-state index contributed by atoms with van der Waals surface area (Å²) < 4.78 is 0. The van der Waals surface area contributed by atoms with Crippen LogP contribution in [-0.4, -0.2) is 27.2 Å². The van der Waals surface area contributed by atoms with Gasteiger partial charge in [0.05, 0.1) is 5.25 Å². The van der Waals surface area contributed by atoms with Crippen LogP contribution in [0.5, 0.6) is 0 Å². The number of hydrogen-bond acceptors (Lipinski definition) is 6. The number of rotatable bonds is 3. The predicted octanol–water partition coefficient (Wildman–Crippen LogP) is 2.25. The van der Waals surface area contributed by atoms with E-state index in [9.17, 15) is 9.59 Å². The van der Waals surface area contributed by atoms with Crippen LogP contribution >= 0.6 is 23.1 Å². The van der Waals surface area contributed by atoms with E-state index < -0.39 is 17.2 Å². The molecule has 0 spiro atoms. The molecule has 0 saturated carbocycles. The Morgan fingerprint density at radius 1 is 1.36 bits per heavy atom. The maximum absolute atomic E-state index is 11.8. The number of fused-ring (bicyclic) bond motifs is 3. The van der Waals surface area contributed by atoms with Crippen molar-refractivity contribution in [2.75, 3.05) is 0 Å². The van der Waals surface area contributed by atoms with Gasteiger partial charge in [0.15, 0.2) is 0 Å². The molecule has 0 radical (unpaired) electrons. The lowest BCUT2D eigenvalue weighted by molar-refractivity contribution is -0.119. The Balaban J connectivity index is 1.92. The average molecular weight is 336 g/mol. The molecule has 1 atom stereocenters. The fraction of sp³-hybridized carbons (Fsp3) is 0.429. The third kappa shape index (κ3) is 2.93. The number of urea groups is 1. The molecule has 22 heavy (non-hydrogen) atoms. The monoisotopic (exact) mass is 336 g/mol. The number of nitrogens with two attached hydrogens (primary N) is 1. The molecule has 0 fully saturated rings. The number of aryl methyl sites for hydroxylation is 2. The summed E-state index contributed by atoms with van der Waals surface area (Å²) in [4.78, 5) is 33.7. The first-order valence-electron chi connectivity index (χ1n) is 7.08. The topological polar surface area (TPSA) is 98.0 Å².